The minimum absolute atomic E-state index is 0.231. The molecule has 0 bridgehead atoms. The molecule has 1 N–H and O–H groups in total. The summed E-state index contributed by atoms with van der Waals surface area (Å²) in [4.78, 5) is 0. The molecule has 1 saturated heterocycles. The first-order valence-electron chi connectivity index (χ1n) is 7.43. The first kappa shape index (κ1) is 14.4. The van der Waals surface area contributed by atoms with Crippen LogP contribution in [-0.4, -0.2) is 24.2 Å². The standard InChI is InChI=1S/C16H26N2O/c1-13(2)19-16-9-7-15(8-10-16)14(3)17-18-11-5-4-6-12-18/h7-10,13-14,17H,4-6,11-12H2,1-3H3. The highest BCUT2D eigenvalue weighted by molar-refractivity contribution is 5.29. The molecule has 3 heteroatoms. The van der Waals surface area contributed by atoms with Crippen LogP contribution in [0.25, 0.3) is 0 Å². The fourth-order valence-electron chi connectivity index (χ4n) is 2.48. The summed E-state index contributed by atoms with van der Waals surface area (Å²) >= 11 is 0. The normalized spacial score (nSPS) is 18.5. The van der Waals surface area contributed by atoms with Crippen molar-refractivity contribution in [2.75, 3.05) is 13.1 Å². The van der Waals surface area contributed by atoms with Crippen molar-refractivity contribution in [1.29, 1.82) is 0 Å². The van der Waals surface area contributed by atoms with E-state index < -0.39 is 0 Å². The Kier molecular flexibility index (Phi) is 5.23. The van der Waals surface area contributed by atoms with Crippen molar-refractivity contribution in [2.45, 2.75) is 52.2 Å². The van der Waals surface area contributed by atoms with Crippen LogP contribution < -0.4 is 10.2 Å². The Balaban J connectivity index is 1.89. The van der Waals surface area contributed by atoms with Crippen molar-refractivity contribution < 1.29 is 4.74 Å². The second-order valence-corrected chi connectivity index (χ2v) is 5.63. The van der Waals surface area contributed by atoms with Gasteiger partial charge in [0.25, 0.3) is 0 Å². The lowest BCUT2D eigenvalue weighted by atomic mass is 10.1. The third-order valence-corrected chi connectivity index (χ3v) is 3.48. The van der Waals surface area contributed by atoms with Gasteiger partial charge in [-0.1, -0.05) is 18.6 Å². The Bertz CT molecular complexity index is 369. The predicted octanol–water partition coefficient (Wildman–Crippen LogP) is 3.53. The van der Waals surface area contributed by atoms with Crippen LogP contribution in [0.1, 0.15) is 51.6 Å². The monoisotopic (exact) mass is 262 g/mol. The Morgan fingerprint density at radius 2 is 1.63 bits per heavy atom. The maximum atomic E-state index is 5.67. The van der Waals surface area contributed by atoms with Gasteiger partial charge >= 0.3 is 0 Å². The highest BCUT2D eigenvalue weighted by Crippen LogP contribution is 2.19. The molecule has 3 nitrogen and oxygen atoms in total. The van der Waals surface area contributed by atoms with Crippen LogP contribution in [0.15, 0.2) is 24.3 Å². The van der Waals surface area contributed by atoms with Gasteiger partial charge in [-0.3, -0.25) is 0 Å². The van der Waals surface area contributed by atoms with E-state index in [9.17, 15) is 0 Å². The zero-order chi connectivity index (χ0) is 13.7. The van der Waals surface area contributed by atoms with Gasteiger partial charge in [0.15, 0.2) is 0 Å². The van der Waals surface area contributed by atoms with E-state index >= 15 is 0 Å². The van der Waals surface area contributed by atoms with Crippen LogP contribution in [0, 0.1) is 0 Å². The summed E-state index contributed by atoms with van der Waals surface area (Å²) in [5.41, 5.74) is 4.89. The molecule has 0 aliphatic carbocycles. The number of hydrogen-bond acceptors (Lipinski definition) is 3. The highest BCUT2D eigenvalue weighted by Gasteiger charge is 2.13. The predicted molar refractivity (Wildman–Crippen MR) is 79.2 cm³/mol. The lowest BCUT2D eigenvalue weighted by Crippen LogP contribution is -2.42. The molecule has 0 amide bonds. The number of piperidine rings is 1. The third-order valence-electron chi connectivity index (χ3n) is 3.48. The lowest BCUT2D eigenvalue weighted by Gasteiger charge is -2.30. The number of nitrogens with zero attached hydrogens (tertiary/aromatic N) is 1. The summed E-state index contributed by atoms with van der Waals surface area (Å²) in [5.74, 6) is 0.948. The summed E-state index contributed by atoms with van der Waals surface area (Å²) < 4.78 is 5.67. The molecule has 0 saturated carbocycles. The minimum atomic E-state index is 0.231. The number of rotatable bonds is 5. The van der Waals surface area contributed by atoms with E-state index in [1.807, 2.05) is 0 Å². The summed E-state index contributed by atoms with van der Waals surface area (Å²) in [5, 5.41) is 2.35. The number of ether oxygens (including phenoxy) is 1. The summed E-state index contributed by atoms with van der Waals surface area (Å²) in [6.07, 6.45) is 4.21. The van der Waals surface area contributed by atoms with E-state index in [1.165, 1.54) is 37.9 Å². The van der Waals surface area contributed by atoms with Crippen molar-refractivity contribution in [3.63, 3.8) is 0 Å². The molecule has 1 aromatic carbocycles. The van der Waals surface area contributed by atoms with Crippen molar-refractivity contribution in [3.05, 3.63) is 29.8 Å². The van der Waals surface area contributed by atoms with Gasteiger partial charge in [0.1, 0.15) is 5.75 Å². The third kappa shape index (κ3) is 4.51. The molecule has 2 rings (SSSR count). The van der Waals surface area contributed by atoms with Crippen LogP contribution in [0.3, 0.4) is 0 Å². The maximum absolute atomic E-state index is 5.67. The van der Waals surface area contributed by atoms with E-state index in [0.717, 1.165) is 5.75 Å². The van der Waals surface area contributed by atoms with E-state index in [-0.39, 0.29) is 6.10 Å². The van der Waals surface area contributed by atoms with Gasteiger partial charge in [0.2, 0.25) is 0 Å². The topological polar surface area (TPSA) is 24.5 Å². The summed E-state index contributed by atoms with van der Waals surface area (Å²) in [7, 11) is 0. The summed E-state index contributed by atoms with van der Waals surface area (Å²) in [6, 6.07) is 8.78. The fraction of sp³-hybridized carbons (Fsp3) is 0.625. The zero-order valence-electron chi connectivity index (χ0n) is 12.4. The molecule has 1 aromatic rings. The van der Waals surface area contributed by atoms with Crippen LogP contribution in [0.5, 0.6) is 5.75 Å². The highest BCUT2D eigenvalue weighted by atomic mass is 16.5. The van der Waals surface area contributed by atoms with E-state index in [2.05, 4.69) is 55.5 Å². The first-order valence-corrected chi connectivity index (χ1v) is 7.43. The van der Waals surface area contributed by atoms with Crippen LogP contribution in [-0.2, 0) is 0 Å². The SMILES string of the molecule is CC(C)Oc1ccc(C(C)NN2CCCCC2)cc1. The average molecular weight is 262 g/mol. The molecule has 0 radical (unpaired) electrons. The van der Waals surface area contributed by atoms with Crippen LogP contribution in [0.2, 0.25) is 0 Å². The van der Waals surface area contributed by atoms with Crippen molar-refractivity contribution in [1.82, 2.24) is 10.4 Å². The average Bonchev–Trinajstić information content (AvgIpc) is 2.40. The molecular weight excluding hydrogens is 236 g/mol. The Morgan fingerprint density at radius 1 is 1.00 bits per heavy atom. The number of hydrazine groups is 1. The molecule has 1 atom stereocenters. The molecule has 0 spiro atoms. The molecule has 1 fully saturated rings. The molecule has 1 heterocycles. The van der Waals surface area contributed by atoms with Crippen LogP contribution in [0.4, 0.5) is 0 Å². The molecule has 0 aromatic heterocycles. The van der Waals surface area contributed by atoms with Crippen molar-refractivity contribution >= 4 is 0 Å². The van der Waals surface area contributed by atoms with E-state index in [4.69, 9.17) is 4.74 Å². The Labute approximate surface area is 116 Å². The lowest BCUT2D eigenvalue weighted by molar-refractivity contribution is 0.133. The molecule has 1 aliphatic rings. The maximum Gasteiger partial charge on any atom is 0.119 e. The second-order valence-electron chi connectivity index (χ2n) is 5.63. The van der Waals surface area contributed by atoms with Gasteiger partial charge in [-0.15, -0.1) is 0 Å². The Hall–Kier alpha value is -1.06. The first-order chi connectivity index (χ1) is 9.15. The van der Waals surface area contributed by atoms with Crippen molar-refractivity contribution in [3.8, 4) is 5.75 Å². The molecule has 106 valence electrons. The Morgan fingerprint density at radius 3 is 2.21 bits per heavy atom. The van der Waals surface area contributed by atoms with Gasteiger partial charge < -0.3 is 4.74 Å². The largest absolute Gasteiger partial charge is 0.491 e. The molecule has 1 unspecified atom stereocenters. The van der Waals surface area contributed by atoms with Crippen LogP contribution >= 0.6 is 0 Å². The number of benzene rings is 1. The van der Waals surface area contributed by atoms with Gasteiger partial charge in [-0.05, 0) is 51.3 Å². The number of hydrogen-bond donors (Lipinski definition) is 1. The minimum Gasteiger partial charge on any atom is -0.491 e. The van der Waals surface area contributed by atoms with Crippen molar-refractivity contribution in [2.24, 2.45) is 0 Å². The van der Waals surface area contributed by atoms with Gasteiger partial charge in [0.05, 0.1) is 6.10 Å². The molecular formula is C16H26N2O. The smallest absolute Gasteiger partial charge is 0.119 e. The van der Waals surface area contributed by atoms with Gasteiger partial charge in [-0.25, -0.2) is 10.4 Å². The molecule has 1 aliphatic heterocycles. The number of nitrogens with one attached hydrogen (secondary N) is 1. The summed E-state index contributed by atoms with van der Waals surface area (Å²) in [6.45, 7) is 8.65. The zero-order valence-corrected chi connectivity index (χ0v) is 12.4. The second kappa shape index (κ2) is 6.92. The van der Waals surface area contributed by atoms with E-state index in [1.54, 1.807) is 0 Å². The van der Waals surface area contributed by atoms with Gasteiger partial charge in [-0.2, -0.15) is 0 Å². The fourth-order valence-corrected chi connectivity index (χ4v) is 2.48. The quantitative estimate of drug-likeness (QED) is 0.878. The van der Waals surface area contributed by atoms with Gasteiger partial charge in [0, 0.05) is 19.1 Å². The molecule has 19 heavy (non-hydrogen) atoms. The van der Waals surface area contributed by atoms with E-state index in [0.29, 0.717) is 6.04 Å².